The maximum absolute atomic E-state index is 6.09. The van der Waals surface area contributed by atoms with Crippen molar-refractivity contribution in [1.29, 1.82) is 0 Å². The first-order valence-electron chi connectivity index (χ1n) is 5.99. The van der Waals surface area contributed by atoms with Crippen LogP contribution in [-0.4, -0.2) is 14.9 Å². The van der Waals surface area contributed by atoms with Crippen molar-refractivity contribution >= 4 is 8.32 Å². The molecule has 1 rings (SSSR count). The molecule has 0 aromatic carbocycles. The Morgan fingerprint density at radius 2 is 2.00 bits per heavy atom. The molecule has 0 spiro atoms. The van der Waals surface area contributed by atoms with Crippen LogP contribution in [0.4, 0.5) is 0 Å². The van der Waals surface area contributed by atoms with Gasteiger partial charge in [-0.2, -0.15) is 0 Å². The first-order valence-corrected chi connectivity index (χ1v) is 8.90. The number of hydrogen-bond acceptors (Lipinski definition) is 2. The molecule has 0 aliphatic heterocycles. The highest BCUT2D eigenvalue weighted by atomic mass is 28.4. The summed E-state index contributed by atoms with van der Waals surface area (Å²) in [7, 11) is -1.56. The lowest BCUT2D eigenvalue weighted by Gasteiger charge is -2.36. The average molecular weight is 240 g/mol. The standard InChI is InChI=1S/C13H24O2Si/c1-13(2,3)16(4,5)15-11-7-9-12-8-6-10-14-12/h6,8,10H,7,9,11H2,1-5H3. The minimum absolute atomic E-state index is 0.303. The van der Waals surface area contributed by atoms with Crippen LogP contribution in [0.25, 0.3) is 0 Å². The number of aryl methyl sites for hydroxylation is 1. The van der Waals surface area contributed by atoms with Crippen LogP contribution in [0.2, 0.25) is 18.1 Å². The van der Waals surface area contributed by atoms with Crippen molar-refractivity contribution in [2.24, 2.45) is 0 Å². The van der Waals surface area contributed by atoms with Gasteiger partial charge in [0.1, 0.15) is 5.76 Å². The van der Waals surface area contributed by atoms with E-state index in [1.165, 1.54) is 0 Å². The van der Waals surface area contributed by atoms with Crippen molar-refractivity contribution in [3.05, 3.63) is 24.2 Å². The quantitative estimate of drug-likeness (QED) is 0.567. The van der Waals surface area contributed by atoms with Crippen molar-refractivity contribution < 1.29 is 8.84 Å². The van der Waals surface area contributed by atoms with Crippen LogP contribution in [0.1, 0.15) is 33.0 Å². The zero-order chi connectivity index (χ0) is 12.2. The van der Waals surface area contributed by atoms with Gasteiger partial charge >= 0.3 is 0 Å². The second-order valence-corrected chi connectivity index (χ2v) is 10.6. The average Bonchev–Trinajstić information content (AvgIpc) is 2.63. The third kappa shape index (κ3) is 3.80. The van der Waals surface area contributed by atoms with E-state index in [9.17, 15) is 0 Å². The van der Waals surface area contributed by atoms with Crippen LogP contribution in [-0.2, 0) is 10.8 Å². The summed E-state index contributed by atoms with van der Waals surface area (Å²) in [6, 6.07) is 3.95. The van der Waals surface area contributed by atoms with Crippen LogP contribution < -0.4 is 0 Å². The SMILES string of the molecule is CC(C)(C)[Si](C)(C)OCCCc1ccco1. The molecule has 0 atom stereocenters. The smallest absolute Gasteiger partial charge is 0.191 e. The van der Waals surface area contributed by atoms with Crippen LogP contribution in [0.15, 0.2) is 22.8 Å². The topological polar surface area (TPSA) is 22.4 Å². The molecule has 92 valence electrons. The fourth-order valence-corrected chi connectivity index (χ4v) is 2.33. The minimum atomic E-state index is -1.56. The largest absolute Gasteiger partial charge is 0.469 e. The summed E-state index contributed by atoms with van der Waals surface area (Å²) in [5, 5.41) is 0.303. The molecule has 1 heterocycles. The molecule has 0 fully saturated rings. The van der Waals surface area contributed by atoms with E-state index >= 15 is 0 Å². The molecule has 0 bridgehead atoms. The van der Waals surface area contributed by atoms with Crippen LogP contribution in [0, 0.1) is 0 Å². The molecule has 1 aromatic rings. The van der Waals surface area contributed by atoms with Gasteiger partial charge in [0.25, 0.3) is 0 Å². The van der Waals surface area contributed by atoms with Crippen molar-refractivity contribution in [2.45, 2.75) is 51.7 Å². The first-order chi connectivity index (χ1) is 7.33. The van der Waals surface area contributed by atoms with Gasteiger partial charge in [-0.25, -0.2) is 0 Å². The maximum atomic E-state index is 6.09. The van der Waals surface area contributed by atoms with Gasteiger partial charge in [0.2, 0.25) is 0 Å². The molecular weight excluding hydrogens is 216 g/mol. The van der Waals surface area contributed by atoms with E-state index in [0.717, 1.165) is 25.2 Å². The predicted molar refractivity (Wildman–Crippen MR) is 70.2 cm³/mol. The van der Waals surface area contributed by atoms with E-state index in [1.54, 1.807) is 6.26 Å². The molecule has 2 nitrogen and oxygen atoms in total. The van der Waals surface area contributed by atoms with Gasteiger partial charge in [-0.15, -0.1) is 0 Å². The van der Waals surface area contributed by atoms with Gasteiger partial charge < -0.3 is 8.84 Å². The van der Waals surface area contributed by atoms with Crippen LogP contribution in [0.5, 0.6) is 0 Å². The first kappa shape index (κ1) is 13.5. The molecule has 0 aliphatic carbocycles. The molecule has 16 heavy (non-hydrogen) atoms. The number of hydrogen-bond donors (Lipinski definition) is 0. The van der Waals surface area contributed by atoms with Crippen molar-refractivity contribution in [1.82, 2.24) is 0 Å². The van der Waals surface area contributed by atoms with E-state index in [1.807, 2.05) is 12.1 Å². The molecule has 0 radical (unpaired) electrons. The van der Waals surface area contributed by atoms with Crippen molar-refractivity contribution in [3.63, 3.8) is 0 Å². The van der Waals surface area contributed by atoms with Crippen molar-refractivity contribution in [2.75, 3.05) is 6.61 Å². The van der Waals surface area contributed by atoms with E-state index in [2.05, 4.69) is 33.9 Å². The Labute approximate surface area is 100 Å². The van der Waals surface area contributed by atoms with E-state index in [-0.39, 0.29) is 0 Å². The monoisotopic (exact) mass is 240 g/mol. The van der Waals surface area contributed by atoms with Crippen LogP contribution in [0.3, 0.4) is 0 Å². The Kier molecular flexibility index (Phi) is 4.39. The lowest BCUT2D eigenvalue weighted by atomic mass is 10.2. The fraction of sp³-hybridized carbons (Fsp3) is 0.692. The fourth-order valence-electron chi connectivity index (χ4n) is 1.25. The second kappa shape index (κ2) is 5.19. The van der Waals surface area contributed by atoms with E-state index in [0.29, 0.717) is 5.04 Å². The van der Waals surface area contributed by atoms with Crippen molar-refractivity contribution in [3.8, 4) is 0 Å². The Bertz CT molecular complexity index is 296. The number of rotatable bonds is 5. The normalized spacial score (nSPS) is 13.1. The Morgan fingerprint density at radius 3 is 2.50 bits per heavy atom. The van der Waals surface area contributed by atoms with Gasteiger partial charge in [0.15, 0.2) is 8.32 Å². The molecule has 0 N–H and O–H groups in total. The van der Waals surface area contributed by atoms with E-state index in [4.69, 9.17) is 8.84 Å². The molecule has 3 heteroatoms. The minimum Gasteiger partial charge on any atom is -0.469 e. The van der Waals surface area contributed by atoms with Gasteiger partial charge in [0, 0.05) is 13.0 Å². The number of furan rings is 1. The zero-order valence-electron chi connectivity index (χ0n) is 11.2. The highest BCUT2D eigenvalue weighted by Gasteiger charge is 2.36. The van der Waals surface area contributed by atoms with Gasteiger partial charge in [-0.05, 0) is 36.7 Å². The second-order valence-electron chi connectivity index (χ2n) is 5.79. The van der Waals surface area contributed by atoms with Gasteiger partial charge in [0.05, 0.1) is 6.26 Å². The molecular formula is C13H24O2Si. The third-order valence-corrected chi connectivity index (χ3v) is 7.95. The van der Waals surface area contributed by atoms with Gasteiger partial charge in [-0.3, -0.25) is 0 Å². The molecule has 0 saturated heterocycles. The summed E-state index contributed by atoms with van der Waals surface area (Å²) >= 11 is 0. The highest BCUT2D eigenvalue weighted by molar-refractivity contribution is 6.74. The van der Waals surface area contributed by atoms with Gasteiger partial charge in [-0.1, -0.05) is 20.8 Å². The summed E-state index contributed by atoms with van der Waals surface area (Å²) in [5.74, 6) is 1.05. The molecule has 0 unspecified atom stereocenters. The summed E-state index contributed by atoms with van der Waals surface area (Å²) in [6.07, 6.45) is 3.74. The lowest BCUT2D eigenvalue weighted by Crippen LogP contribution is -2.41. The highest BCUT2D eigenvalue weighted by Crippen LogP contribution is 2.36. The third-order valence-electron chi connectivity index (χ3n) is 3.42. The Balaban J connectivity index is 2.25. The lowest BCUT2D eigenvalue weighted by molar-refractivity contribution is 0.279. The summed E-state index contributed by atoms with van der Waals surface area (Å²) < 4.78 is 11.4. The Hall–Kier alpha value is -0.543. The molecule has 0 aliphatic rings. The van der Waals surface area contributed by atoms with E-state index < -0.39 is 8.32 Å². The summed E-state index contributed by atoms with van der Waals surface area (Å²) in [4.78, 5) is 0. The Morgan fingerprint density at radius 1 is 1.31 bits per heavy atom. The predicted octanol–water partition coefficient (Wildman–Crippen LogP) is 4.23. The van der Waals surface area contributed by atoms with Crippen LogP contribution >= 0.6 is 0 Å². The molecule has 1 aromatic heterocycles. The molecule has 0 amide bonds. The maximum Gasteiger partial charge on any atom is 0.191 e. The zero-order valence-corrected chi connectivity index (χ0v) is 12.2. The summed E-state index contributed by atoms with van der Waals surface area (Å²) in [6.45, 7) is 12.2. The summed E-state index contributed by atoms with van der Waals surface area (Å²) in [5.41, 5.74) is 0. The molecule has 0 saturated carbocycles.